The van der Waals surface area contributed by atoms with Crippen LogP contribution >= 0.6 is 0 Å². The lowest BCUT2D eigenvalue weighted by atomic mass is 9.92. The number of nitrogens with zero attached hydrogens (tertiary/aromatic N) is 4. The number of pyridine rings is 1. The van der Waals surface area contributed by atoms with Crippen molar-refractivity contribution in [3.05, 3.63) is 65.9 Å². The van der Waals surface area contributed by atoms with Crippen LogP contribution in [-0.4, -0.2) is 77.3 Å². The minimum atomic E-state index is 0.124. The number of aryl methyl sites for hydroxylation is 1. The van der Waals surface area contributed by atoms with Crippen LogP contribution in [0.1, 0.15) is 31.5 Å². The van der Waals surface area contributed by atoms with Crippen LogP contribution in [0, 0.1) is 6.92 Å². The van der Waals surface area contributed by atoms with Gasteiger partial charge < -0.3 is 9.80 Å². The Hall–Kier alpha value is -3.25. The van der Waals surface area contributed by atoms with Crippen molar-refractivity contribution < 1.29 is 9.59 Å². The molecule has 4 rings (SSSR count). The largest absolute Gasteiger partial charge is 0.342 e. The molecule has 1 aromatic heterocycles. The monoisotopic (exact) mass is 472 g/mol. The van der Waals surface area contributed by atoms with E-state index in [0.29, 0.717) is 19.5 Å². The molecule has 2 aromatic carbocycles. The normalized spacial score (nSPS) is 14.7. The van der Waals surface area contributed by atoms with Crippen molar-refractivity contribution in [2.45, 2.75) is 33.6 Å². The first-order valence-corrected chi connectivity index (χ1v) is 12.7. The topological polar surface area (TPSA) is 56.8 Å². The zero-order chi connectivity index (χ0) is 24.8. The van der Waals surface area contributed by atoms with Gasteiger partial charge in [0, 0.05) is 50.3 Å². The first-order valence-electron chi connectivity index (χ1n) is 12.7. The predicted octanol–water partition coefficient (Wildman–Crippen LogP) is 4.16. The van der Waals surface area contributed by atoms with Crippen LogP contribution in [0.5, 0.6) is 0 Å². The maximum Gasteiger partial charge on any atom is 0.236 e. The first-order chi connectivity index (χ1) is 17.0. The number of hydrogen-bond acceptors (Lipinski definition) is 4. The van der Waals surface area contributed by atoms with Crippen LogP contribution in [0.15, 0.2) is 54.6 Å². The number of benzene rings is 2. The molecule has 0 radical (unpaired) electrons. The van der Waals surface area contributed by atoms with Crippen molar-refractivity contribution in [1.29, 1.82) is 0 Å². The minimum absolute atomic E-state index is 0.124. The number of rotatable bonds is 7. The molecule has 35 heavy (non-hydrogen) atoms. The Morgan fingerprint density at radius 2 is 1.63 bits per heavy atom. The van der Waals surface area contributed by atoms with Crippen molar-refractivity contribution >= 4 is 22.7 Å². The summed E-state index contributed by atoms with van der Waals surface area (Å²) in [6, 6.07) is 18.4. The SMILES string of the molecule is CCN(CC)C(=O)CN1CCCN(C(=O)Cc2c(C)nc3ccccc3c2-c2ccccc2)CC1. The Bertz CT molecular complexity index is 1170. The van der Waals surface area contributed by atoms with E-state index in [4.69, 9.17) is 4.98 Å². The van der Waals surface area contributed by atoms with Crippen molar-refractivity contribution in [2.24, 2.45) is 0 Å². The van der Waals surface area contributed by atoms with Crippen molar-refractivity contribution in [2.75, 3.05) is 45.8 Å². The van der Waals surface area contributed by atoms with Gasteiger partial charge in [-0.3, -0.25) is 19.5 Å². The Morgan fingerprint density at radius 3 is 2.37 bits per heavy atom. The van der Waals surface area contributed by atoms with E-state index in [2.05, 4.69) is 23.1 Å². The lowest BCUT2D eigenvalue weighted by molar-refractivity contribution is -0.132. The minimum Gasteiger partial charge on any atom is -0.342 e. The third kappa shape index (κ3) is 5.70. The quantitative estimate of drug-likeness (QED) is 0.518. The summed E-state index contributed by atoms with van der Waals surface area (Å²) in [5.74, 6) is 0.291. The fourth-order valence-corrected chi connectivity index (χ4v) is 5.03. The summed E-state index contributed by atoms with van der Waals surface area (Å²) < 4.78 is 0. The third-order valence-corrected chi connectivity index (χ3v) is 7.01. The molecule has 1 saturated heterocycles. The molecular formula is C29H36N4O2. The molecule has 0 atom stereocenters. The van der Waals surface area contributed by atoms with Crippen molar-refractivity contribution in [1.82, 2.24) is 19.7 Å². The summed E-state index contributed by atoms with van der Waals surface area (Å²) in [4.78, 5) is 36.9. The van der Waals surface area contributed by atoms with E-state index in [1.54, 1.807) is 0 Å². The highest BCUT2D eigenvalue weighted by atomic mass is 16.2. The zero-order valence-electron chi connectivity index (χ0n) is 21.2. The number of para-hydroxylation sites is 1. The molecule has 2 amide bonds. The number of carbonyl (C=O) groups excluding carboxylic acids is 2. The van der Waals surface area contributed by atoms with Gasteiger partial charge in [-0.2, -0.15) is 0 Å². The highest BCUT2D eigenvalue weighted by Gasteiger charge is 2.24. The molecule has 0 bridgehead atoms. The van der Waals surface area contributed by atoms with E-state index in [1.807, 2.05) is 67.0 Å². The lowest BCUT2D eigenvalue weighted by Crippen LogP contribution is -2.42. The Balaban J connectivity index is 1.53. The van der Waals surface area contributed by atoms with Gasteiger partial charge in [-0.05, 0) is 49.9 Å². The Labute approximate surface area is 208 Å². The van der Waals surface area contributed by atoms with Crippen LogP contribution < -0.4 is 0 Å². The van der Waals surface area contributed by atoms with Crippen molar-refractivity contribution in [3.63, 3.8) is 0 Å². The van der Waals surface area contributed by atoms with Gasteiger partial charge in [0.15, 0.2) is 0 Å². The second kappa shape index (κ2) is 11.5. The second-order valence-corrected chi connectivity index (χ2v) is 9.19. The van der Waals surface area contributed by atoms with Crippen molar-refractivity contribution in [3.8, 4) is 11.1 Å². The van der Waals surface area contributed by atoms with Gasteiger partial charge in [-0.1, -0.05) is 48.5 Å². The molecule has 1 fully saturated rings. The van der Waals surface area contributed by atoms with E-state index in [1.165, 1.54) is 0 Å². The summed E-state index contributed by atoms with van der Waals surface area (Å²) in [6.07, 6.45) is 1.20. The van der Waals surface area contributed by atoms with Gasteiger partial charge in [-0.15, -0.1) is 0 Å². The van der Waals surface area contributed by atoms with Crippen LogP contribution in [0.4, 0.5) is 0 Å². The van der Waals surface area contributed by atoms with Gasteiger partial charge >= 0.3 is 0 Å². The summed E-state index contributed by atoms with van der Waals surface area (Å²) in [5, 5.41) is 1.07. The van der Waals surface area contributed by atoms with E-state index in [-0.39, 0.29) is 11.8 Å². The molecule has 2 heterocycles. The molecule has 6 nitrogen and oxygen atoms in total. The fourth-order valence-electron chi connectivity index (χ4n) is 5.03. The van der Waals surface area contributed by atoms with Gasteiger partial charge in [0.1, 0.15) is 0 Å². The number of carbonyl (C=O) groups is 2. The Kier molecular flexibility index (Phi) is 8.13. The fraction of sp³-hybridized carbons (Fsp3) is 0.414. The summed E-state index contributed by atoms with van der Waals surface area (Å²) in [5.41, 5.74) is 5.05. The van der Waals surface area contributed by atoms with Gasteiger partial charge in [0.2, 0.25) is 11.8 Å². The average Bonchev–Trinajstić information content (AvgIpc) is 3.11. The number of likely N-dealkylation sites (N-methyl/N-ethyl adjacent to an activating group) is 1. The van der Waals surface area contributed by atoms with E-state index < -0.39 is 0 Å². The lowest BCUT2D eigenvalue weighted by Gasteiger charge is -2.25. The summed E-state index contributed by atoms with van der Waals surface area (Å²) >= 11 is 0. The molecule has 1 aliphatic heterocycles. The molecule has 3 aromatic rings. The first kappa shape index (κ1) is 24.9. The van der Waals surface area contributed by atoms with Gasteiger partial charge in [0.05, 0.1) is 18.5 Å². The van der Waals surface area contributed by atoms with Crippen LogP contribution in [0.2, 0.25) is 0 Å². The number of amides is 2. The zero-order valence-corrected chi connectivity index (χ0v) is 21.2. The molecule has 0 N–H and O–H groups in total. The average molecular weight is 473 g/mol. The smallest absolute Gasteiger partial charge is 0.236 e. The van der Waals surface area contributed by atoms with Crippen LogP contribution in [-0.2, 0) is 16.0 Å². The molecule has 0 spiro atoms. The second-order valence-electron chi connectivity index (χ2n) is 9.19. The number of hydrogen-bond donors (Lipinski definition) is 0. The molecule has 1 aliphatic rings. The summed E-state index contributed by atoms with van der Waals surface area (Å²) in [6.45, 7) is 10.8. The van der Waals surface area contributed by atoms with Crippen LogP contribution in [0.3, 0.4) is 0 Å². The third-order valence-electron chi connectivity index (χ3n) is 7.01. The maximum absolute atomic E-state index is 13.5. The predicted molar refractivity (Wildman–Crippen MR) is 141 cm³/mol. The van der Waals surface area contributed by atoms with Gasteiger partial charge in [-0.25, -0.2) is 0 Å². The molecule has 184 valence electrons. The standard InChI is InChI=1S/C29H36N4O2/c1-4-32(5-2)28(35)21-31-16-11-17-33(19-18-31)27(34)20-25-22(3)30-26-15-10-9-14-24(26)29(25)23-12-7-6-8-13-23/h6-10,12-15H,4-5,11,16-21H2,1-3H3. The number of fused-ring (bicyclic) bond motifs is 1. The highest BCUT2D eigenvalue weighted by Crippen LogP contribution is 2.33. The molecule has 0 unspecified atom stereocenters. The molecule has 0 aliphatic carbocycles. The summed E-state index contributed by atoms with van der Waals surface area (Å²) in [7, 11) is 0. The molecule has 0 saturated carbocycles. The highest BCUT2D eigenvalue weighted by molar-refractivity contribution is 5.98. The maximum atomic E-state index is 13.5. The van der Waals surface area contributed by atoms with Crippen LogP contribution in [0.25, 0.3) is 22.0 Å². The Morgan fingerprint density at radius 1 is 0.914 bits per heavy atom. The molecular weight excluding hydrogens is 436 g/mol. The molecule has 6 heteroatoms. The van der Waals surface area contributed by atoms with E-state index >= 15 is 0 Å². The van der Waals surface area contributed by atoms with Gasteiger partial charge in [0.25, 0.3) is 0 Å². The van der Waals surface area contributed by atoms with E-state index in [9.17, 15) is 9.59 Å². The number of aromatic nitrogens is 1. The van der Waals surface area contributed by atoms with E-state index in [0.717, 1.165) is 72.4 Å².